The molecular weight excluding hydrogens is 196 g/mol. The monoisotopic (exact) mass is 206 g/mol. The molecule has 0 radical (unpaired) electrons. The van der Waals surface area contributed by atoms with Crippen molar-refractivity contribution < 1.29 is 19.4 Å². The van der Waals surface area contributed by atoms with Crippen LogP contribution in [0.25, 0.3) is 0 Å². The van der Waals surface area contributed by atoms with Crippen molar-refractivity contribution in [1.82, 2.24) is 0 Å². The van der Waals surface area contributed by atoms with Gasteiger partial charge in [-0.3, -0.25) is 0 Å². The van der Waals surface area contributed by atoms with Gasteiger partial charge in [-0.2, -0.15) is 0 Å². The lowest BCUT2D eigenvalue weighted by Gasteiger charge is -2.00. The first kappa shape index (κ1) is 11.0. The quantitative estimate of drug-likeness (QED) is 0.463. The van der Waals surface area contributed by atoms with Crippen LogP contribution in [-0.4, -0.2) is 17.0 Å². The first-order valence-electron chi connectivity index (χ1n) is 4.27. The maximum absolute atomic E-state index is 11.0. The Bertz CT molecular complexity index is 390. The molecule has 1 aromatic rings. The van der Waals surface area contributed by atoms with Crippen LogP contribution in [0.3, 0.4) is 0 Å². The third-order valence-corrected chi connectivity index (χ3v) is 1.60. The summed E-state index contributed by atoms with van der Waals surface area (Å²) in [6.07, 6.45) is 1.60. The fourth-order valence-corrected chi connectivity index (χ4v) is 0.896. The van der Waals surface area contributed by atoms with Crippen LogP contribution in [0.5, 0.6) is 5.75 Å². The summed E-state index contributed by atoms with van der Waals surface area (Å²) in [5, 5.41) is 8.27. The molecular formula is C11H10O4. The minimum atomic E-state index is -1.18. The third kappa shape index (κ3) is 4.08. The summed E-state index contributed by atoms with van der Waals surface area (Å²) in [5.74, 6) is -1.50. The number of ether oxygens (including phenoxy) is 1. The van der Waals surface area contributed by atoms with Crippen LogP contribution < -0.4 is 4.74 Å². The standard InChI is InChI=1S/C11H10O4/c1-8-2-4-9(5-3-8)15-11(14)7-6-10(12)13/h2-7H,1H3,(H,12,13)/b7-6-. The Morgan fingerprint density at radius 3 is 2.33 bits per heavy atom. The van der Waals surface area contributed by atoms with Gasteiger partial charge in [0.05, 0.1) is 0 Å². The molecule has 0 bridgehead atoms. The van der Waals surface area contributed by atoms with Gasteiger partial charge in [-0.15, -0.1) is 0 Å². The van der Waals surface area contributed by atoms with Crippen LogP contribution in [0.4, 0.5) is 0 Å². The van der Waals surface area contributed by atoms with E-state index >= 15 is 0 Å². The zero-order valence-electron chi connectivity index (χ0n) is 8.14. The molecule has 0 fully saturated rings. The SMILES string of the molecule is Cc1ccc(OC(=O)/C=C\C(=O)O)cc1. The van der Waals surface area contributed by atoms with Crippen molar-refractivity contribution in [2.24, 2.45) is 0 Å². The zero-order chi connectivity index (χ0) is 11.3. The molecule has 15 heavy (non-hydrogen) atoms. The first-order valence-corrected chi connectivity index (χ1v) is 4.27. The van der Waals surface area contributed by atoms with Crippen molar-refractivity contribution in [2.75, 3.05) is 0 Å². The van der Waals surface area contributed by atoms with Crippen LogP contribution in [-0.2, 0) is 9.59 Å². The lowest BCUT2D eigenvalue weighted by molar-refractivity contribution is -0.133. The van der Waals surface area contributed by atoms with Gasteiger partial charge in [-0.1, -0.05) is 17.7 Å². The molecule has 0 spiro atoms. The number of carbonyl (C=O) groups excluding carboxylic acids is 1. The van der Waals surface area contributed by atoms with Crippen molar-refractivity contribution in [3.63, 3.8) is 0 Å². The summed E-state index contributed by atoms with van der Waals surface area (Å²) in [5.41, 5.74) is 1.05. The average molecular weight is 206 g/mol. The van der Waals surface area contributed by atoms with Gasteiger partial charge in [0.1, 0.15) is 5.75 Å². The summed E-state index contributed by atoms with van der Waals surface area (Å²) in [4.78, 5) is 21.1. The molecule has 1 N–H and O–H groups in total. The molecule has 0 amide bonds. The minimum absolute atomic E-state index is 0.389. The van der Waals surface area contributed by atoms with E-state index in [1.807, 2.05) is 6.92 Å². The highest BCUT2D eigenvalue weighted by Gasteiger charge is 2.00. The largest absolute Gasteiger partial charge is 0.478 e. The minimum Gasteiger partial charge on any atom is -0.478 e. The fourth-order valence-electron chi connectivity index (χ4n) is 0.896. The van der Waals surface area contributed by atoms with Gasteiger partial charge in [0.2, 0.25) is 0 Å². The molecule has 78 valence electrons. The smallest absolute Gasteiger partial charge is 0.336 e. The van der Waals surface area contributed by atoms with E-state index in [1.54, 1.807) is 24.3 Å². The van der Waals surface area contributed by atoms with Gasteiger partial charge in [0.15, 0.2) is 0 Å². The van der Waals surface area contributed by atoms with E-state index in [0.717, 1.165) is 17.7 Å². The fraction of sp³-hybridized carbons (Fsp3) is 0.0909. The molecule has 0 aliphatic heterocycles. The number of esters is 1. The molecule has 0 aliphatic rings. The Labute approximate surface area is 86.8 Å². The molecule has 0 saturated heterocycles. The summed E-state index contributed by atoms with van der Waals surface area (Å²) in [6.45, 7) is 1.91. The molecule has 0 unspecified atom stereocenters. The maximum atomic E-state index is 11.0. The summed E-state index contributed by atoms with van der Waals surface area (Å²) < 4.78 is 4.83. The van der Waals surface area contributed by atoms with E-state index in [0.29, 0.717) is 5.75 Å². The van der Waals surface area contributed by atoms with Crippen molar-refractivity contribution in [3.8, 4) is 5.75 Å². The Morgan fingerprint density at radius 2 is 1.80 bits per heavy atom. The number of carbonyl (C=O) groups is 2. The number of hydrogen-bond acceptors (Lipinski definition) is 3. The van der Waals surface area contributed by atoms with E-state index in [-0.39, 0.29) is 0 Å². The number of carboxylic acid groups (broad SMARTS) is 1. The number of aliphatic carboxylic acids is 1. The number of rotatable bonds is 3. The van der Waals surface area contributed by atoms with Crippen LogP contribution in [0.1, 0.15) is 5.56 Å². The second-order valence-corrected chi connectivity index (χ2v) is 2.91. The predicted octanol–water partition coefficient (Wildman–Crippen LogP) is 1.54. The van der Waals surface area contributed by atoms with E-state index in [4.69, 9.17) is 9.84 Å². The molecule has 1 aromatic carbocycles. The predicted molar refractivity (Wildman–Crippen MR) is 53.6 cm³/mol. The number of aryl methyl sites for hydroxylation is 1. The maximum Gasteiger partial charge on any atom is 0.336 e. The van der Waals surface area contributed by atoms with Crippen molar-refractivity contribution in [2.45, 2.75) is 6.92 Å². The van der Waals surface area contributed by atoms with E-state index in [9.17, 15) is 9.59 Å². The van der Waals surface area contributed by atoms with Gasteiger partial charge in [0, 0.05) is 12.2 Å². The van der Waals surface area contributed by atoms with Gasteiger partial charge < -0.3 is 9.84 Å². The van der Waals surface area contributed by atoms with Crippen molar-refractivity contribution in [3.05, 3.63) is 42.0 Å². The van der Waals surface area contributed by atoms with Crippen LogP contribution in [0, 0.1) is 6.92 Å². The van der Waals surface area contributed by atoms with Crippen LogP contribution in [0.2, 0.25) is 0 Å². The van der Waals surface area contributed by atoms with E-state index in [1.165, 1.54) is 0 Å². The molecule has 4 heteroatoms. The molecule has 4 nitrogen and oxygen atoms in total. The lowest BCUT2D eigenvalue weighted by Crippen LogP contribution is -2.04. The third-order valence-electron chi connectivity index (χ3n) is 1.60. The summed E-state index contributed by atoms with van der Waals surface area (Å²) in [7, 11) is 0. The topological polar surface area (TPSA) is 63.6 Å². The van der Waals surface area contributed by atoms with Crippen LogP contribution in [0.15, 0.2) is 36.4 Å². The Morgan fingerprint density at radius 1 is 1.20 bits per heavy atom. The molecule has 1 rings (SSSR count). The Balaban J connectivity index is 2.59. The number of benzene rings is 1. The molecule has 0 aliphatic carbocycles. The summed E-state index contributed by atoms with van der Waals surface area (Å²) >= 11 is 0. The van der Waals surface area contributed by atoms with Crippen molar-refractivity contribution >= 4 is 11.9 Å². The van der Waals surface area contributed by atoms with Gasteiger partial charge in [-0.25, -0.2) is 9.59 Å². The van der Waals surface area contributed by atoms with Crippen molar-refractivity contribution in [1.29, 1.82) is 0 Å². The Kier molecular flexibility index (Phi) is 3.62. The number of hydrogen-bond donors (Lipinski definition) is 1. The molecule has 0 heterocycles. The van der Waals surface area contributed by atoms with Crippen LogP contribution >= 0.6 is 0 Å². The molecule has 0 aromatic heterocycles. The highest BCUT2D eigenvalue weighted by Crippen LogP contribution is 2.11. The van der Waals surface area contributed by atoms with E-state index < -0.39 is 11.9 Å². The van der Waals surface area contributed by atoms with Gasteiger partial charge in [0.25, 0.3) is 0 Å². The average Bonchev–Trinajstić information content (AvgIpc) is 2.19. The Hall–Kier alpha value is -2.10. The lowest BCUT2D eigenvalue weighted by atomic mass is 10.2. The van der Waals surface area contributed by atoms with Gasteiger partial charge in [-0.05, 0) is 19.1 Å². The highest BCUT2D eigenvalue weighted by atomic mass is 16.5. The zero-order valence-corrected chi connectivity index (χ0v) is 8.14. The summed E-state index contributed by atoms with van der Waals surface area (Å²) in [6, 6.07) is 6.87. The van der Waals surface area contributed by atoms with Gasteiger partial charge >= 0.3 is 11.9 Å². The second kappa shape index (κ2) is 4.95. The first-order chi connectivity index (χ1) is 7.08. The molecule has 0 saturated carbocycles. The highest BCUT2D eigenvalue weighted by molar-refractivity contribution is 5.91. The second-order valence-electron chi connectivity index (χ2n) is 2.91. The molecule has 0 atom stereocenters. The normalized spacial score (nSPS) is 10.2. The van der Waals surface area contributed by atoms with E-state index in [2.05, 4.69) is 0 Å². The number of carboxylic acids is 1.